The van der Waals surface area contributed by atoms with Gasteiger partial charge in [-0.1, -0.05) is 6.07 Å². The highest BCUT2D eigenvalue weighted by atomic mass is 16.3. The number of aryl methyl sites for hydroxylation is 1. The number of pyridine rings is 1. The molecule has 3 N–H and O–H groups in total. The summed E-state index contributed by atoms with van der Waals surface area (Å²) in [4.78, 5) is 32.4. The molecule has 0 aliphatic rings. The summed E-state index contributed by atoms with van der Waals surface area (Å²) in [6.07, 6.45) is 3.83. The quantitative estimate of drug-likeness (QED) is 0.476. The van der Waals surface area contributed by atoms with E-state index in [2.05, 4.69) is 20.4 Å². The number of hydrogen-bond acceptors (Lipinski definition) is 7. The standard InChI is InChI=1S/C18H17N7O3/c19-18-21-12(11-14-22-16(23-25(14)18)13-5-3-10-28-13)17(27)20-7-4-9-24-8-2-1-6-15(24)26/h1-3,5-6,8,10-11H,4,7,9H2,(H2,19,21)(H,20,27). The van der Waals surface area contributed by atoms with Crippen molar-refractivity contribution >= 4 is 17.5 Å². The average molecular weight is 379 g/mol. The summed E-state index contributed by atoms with van der Waals surface area (Å²) in [6, 6.07) is 9.93. The van der Waals surface area contributed by atoms with Crippen LogP contribution in [0.2, 0.25) is 0 Å². The van der Waals surface area contributed by atoms with Crippen LogP contribution in [-0.2, 0) is 6.54 Å². The number of hydrogen-bond donors (Lipinski definition) is 2. The van der Waals surface area contributed by atoms with Gasteiger partial charge in [0.2, 0.25) is 17.3 Å². The third-order valence-electron chi connectivity index (χ3n) is 4.08. The fourth-order valence-corrected chi connectivity index (χ4v) is 2.73. The van der Waals surface area contributed by atoms with Gasteiger partial charge in [-0.15, -0.1) is 5.10 Å². The Morgan fingerprint density at radius 3 is 2.89 bits per heavy atom. The fraction of sp³-hybridized carbons (Fsp3) is 0.167. The van der Waals surface area contributed by atoms with Crippen LogP contribution in [0.1, 0.15) is 16.9 Å². The lowest BCUT2D eigenvalue weighted by molar-refractivity contribution is 0.0947. The Bertz CT molecular complexity index is 1180. The van der Waals surface area contributed by atoms with Gasteiger partial charge in [0, 0.05) is 31.4 Å². The maximum absolute atomic E-state index is 12.4. The van der Waals surface area contributed by atoms with Gasteiger partial charge in [-0.3, -0.25) is 9.59 Å². The minimum Gasteiger partial charge on any atom is -0.461 e. The topological polar surface area (TPSA) is 133 Å². The van der Waals surface area contributed by atoms with Crippen LogP contribution in [0.4, 0.5) is 5.95 Å². The van der Waals surface area contributed by atoms with Crippen LogP contribution in [0, 0.1) is 0 Å². The number of nitrogens with one attached hydrogen (secondary N) is 1. The van der Waals surface area contributed by atoms with E-state index in [-0.39, 0.29) is 23.1 Å². The maximum atomic E-state index is 12.4. The van der Waals surface area contributed by atoms with Crippen LogP contribution >= 0.6 is 0 Å². The van der Waals surface area contributed by atoms with E-state index in [4.69, 9.17) is 10.2 Å². The van der Waals surface area contributed by atoms with Crippen molar-refractivity contribution in [1.29, 1.82) is 0 Å². The largest absolute Gasteiger partial charge is 0.461 e. The summed E-state index contributed by atoms with van der Waals surface area (Å²) in [5.41, 5.74) is 6.36. The van der Waals surface area contributed by atoms with Crippen LogP contribution in [0.15, 0.2) is 58.1 Å². The monoisotopic (exact) mass is 379 g/mol. The van der Waals surface area contributed by atoms with Crippen LogP contribution in [0.5, 0.6) is 0 Å². The van der Waals surface area contributed by atoms with Gasteiger partial charge in [-0.05, 0) is 24.6 Å². The molecular weight excluding hydrogens is 362 g/mol. The van der Waals surface area contributed by atoms with Gasteiger partial charge in [0.15, 0.2) is 11.4 Å². The number of aromatic nitrogens is 5. The molecule has 4 aromatic heterocycles. The van der Waals surface area contributed by atoms with Crippen molar-refractivity contribution in [1.82, 2.24) is 29.5 Å². The number of nitrogen functional groups attached to an aromatic ring is 1. The van der Waals surface area contributed by atoms with E-state index in [0.29, 0.717) is 36.7 Å². The fourth-order valence-electron chi connectivity index (χ4n) is 2.73. The second kappa shape index (κ2) is 7.35. The molecule has 0 saturated carbocycles. The second-order valence-corrected chi connectivity index (χ2v) is 6.02. The number of fused-ring (bicyclic) bond motifs is 1. The molecule has 1 amide bonds. The number of anilines is 1. The van der Waals surface area contributed by atoms with Crippen LogP contribution in [-0.4, -0.2) is 36.6 Å². The molecule has 0 aliphatic carbocycles. The first-order valence-electron chi connectivity index (χ1n) is 8.62. The SMILES string of the molecule is Nc1nc(C(=O)NCCCn2ccccc2=O)cc2nc(-c3ccco3)nn12. The maximum Gasteiger partial charge on any atom is 0.270 e. The summed E-state index contributed by atoms with van der Waals surface area (Å²) >= 11 is 0. The highest BCUT2D eigenvalue weighted by Gasteiger charge is 2.15. The molecule has 4 aromatic rings. The predicted octanol–water partition coefficient (Wildman–Crippen LogP) is 0.948. The number of rotatable bonds is 6. The molecule has 0 fully saturated rings. The number of nitrogens with zero attached hydrogens (tertiary/aromatic N) is 5. The molecule has 0 radical (unpaired) electrons. The smallest absolute Gasteiger partial charge is 0.270 e. The first-order chi connectivity index (χ1) is 13.6. The molecule has 10 nitrogen and oxygen atoms in total. The lowest BCUT2D eigenvalue weighted by Gasteiger charge is -2.07. The molecule has 0 bridgehead atoms. The van der Waals surface area contributed by atoms with Gasteiger partial charge in [-0.25, -0.2) is 9.97 Å². The molecule has 0 atom stereocenters. The van der Waals surface area contributed by atoms with Gasteiger partial charge < -0.3 is 20.0 Å². The molecular formula is C18H17N7O3. The van der Waals surface area contributed by atoms with E-state index in [1.807, 2.05) is 0 Å². The number of amides is 1. The first kappa shape index (κ1) is 17.5. The van der Waals surface area contributed by atoms with E-state index < -0.39 is 0 Å². The van der Waals surface area contributed by atoms with Crippen molar-refractivity contribution in [2.45, 2.75) is 13.0 Å². The van der Waals surface area contributed by atoms with Crippen LogP contribution < -0.4 is 16.6 Å². The van der Waals surface area contributed by atoms with Crippen molar-refractivity contribution in [3.63, 3.8) is 0 Å². The van der Waals surface area contributed by atoms with E-state index in [1.54, 1.807) is 35.0 Å². The molecule has 0 aromatic carbocycles. The van der Waals surface area contributed by atoms with Gasteiger partial charge in [0.1, 0.15) is 5.69 Å². The Labute approximate surface area is 158 Å². The van der Waals surface area contributed by atoms with Gasteiger partial charge in [0.05, 0.1) is 6.26 Å². The summed E-state index contributed by atoms with van der Waals surface area (Å²) in [5.74, 6) is 0.510. The summed E-state index contributed by atoms with van der Waals surface area (Å²) in [5, 5.41) is 7.00. The first-order valence-corrected chi connectivity index (χ1v) is 8.62. The van der Waals surface area contributed by atoms with E-state index in [9.17, 15) is 9.59 Å². The highest BCUT2D eigenvalue weighted by molar-refractivity contribution is 5.93. The van der Waals surface area contributed by atoms with Gasteiger partial charge >= 0.3 is 0 Å². The zero-order valence-corrected chi connectivity index (χ0v) is 14.8. The lowest BCUT2D eigenvalue weighted by Crippen LogP contribution is -2.28. The zero-order valence-electron chi connectivity index (χ0n) is 14.8. The molecule has 0 spiro atoms. The Kier molecular flexibility index (Phi) is 4.58. The van der Waals surface area contributed by atoms with Gasteiger partial charge in [-0.2, -0.15) is 4.52 Å². The summed E-state index contributed by atoms with van der Waals surface area (Å²) in [6.45, 7) is 0.891. The Hall–Kier alpha value is -3.95. The molecule has 0 aliphatic heterocycles. The molecule has 4 rings (SSSR count). The average Bonchev–Trinajstić information content (AvgIpc) is 3.36. The van der Waals surface area contributed by atoms with Crippen molar-refractivity contribution in [2.24, 2.45) is 0 Å². The Morgan fingerprint density at radius 2 is 2.11 bits per heavy atom. The highest BCUT2D eigenvalue weighted by Crippen LogP contribution is 2.18. The number of carbonyl (C=O) groups is 1. The molecule has 28 heavy (non-hydrogen) atoms. The van der Waals surface area contributed by atoms with Crippen molar-refractivity contribution in [2.75, 3.05) is 12.3 Å². The molecule has 4 heterocycles. The number of nitrogens with two attached hydrogens (primary N) is 1. The molecule has 0 saturated heterocycles. The Morgan fingerprint density at radius 1 is 1.21 bits per heavy atom. The lowest BCUT2D eigenvalue weighted by atomic mass is 10.3. The summed E-state index contributed by atoms with van der Waals surface area (Å²) < 4.78 is 8.20. The zero-order chi connectivity index (χ0) is 19.5. The molecule has 142 valence electrons. The minimum atomic E-state index is -0.378. The summed E-state index contributed by atoms with van der Waals surface area (Å²) in [7, 11) is 0. The van der Waals surface area contributed by atoms with Gasteiger partial charge in [0.25, 0.3) is 5.91 Å². The van der Waals surface area contributed by atoms with E-state index in [0.717, 1.165) is 0 Å². The van der Waals surface area contributed by atoms with E-state index >= 15 is 0 Å². The van der Waals surface area contributed by atoms with Crippen molar-refractivity contribution < 1.29 is 9.21 Å². The van der Waals surface area contributed by atoms with Crippen LogP contribution in [0.25, 0.3) is 17.2 Å². The third-order valence-corrected chi connectivity index (χ3v) is 4.08. The third kappa shape index (κ3) is 3.47. The normalized spacial score (nSPS) is 11.0. The molecule has 0 unspecified atom stereocenters. The predicted molar refractivity (Wildman–Crippen MR) is 101 cm³/mol. The molecule has 10 heteroatoms. The van der Waals surface area contributed by atoms with Crippen molar-refractivity contribution in [3.05, 3.63) is 64.9 Å². The number of carbonyl (C=O) groups excluding carboxylic acids is 1. The minimum absolute atomic E-state index is 0.0452. The van der Waals surface area contributed by atoms with E-state index in [1.165, 1.54) is 22.9 Å². The second-order valence-electron chi connectivity index (χ2n) is 6.02. The Balaban J connectivity index is 1.44. The van der Waals surface area contributed by atoms with Crippen molar-refractivity contribution in [3.8, 4) is 11.6 Å². The number of furan rings is 1. The van der Waals surface area contributed by atoms with Crippen LogP contribution in [0.3, 0.4) is 0 Å².